The van der Waals surface area contributed by atoms with Crippen LogP contribution >= 0.6 is 11.3 Å². The van der Waals surface area contributed by atoms with Crippen molar-refractivity contribution in [3.63, 3.8) is 0 Å². The number of aryl methyl sites for hydroxylation is 3. The standard InChI is InChI=1S/C23H27N3O4S2/c1-15-12-16(2)21-20(13-15)31-23(25(21)3)24-22(27)17-6-5-11-26(14-17)32(28,29)19-9-7-18(30-4)8-10-19/h7-10,12-13,17H,5-6,11,14H2,1-4H3. The van der Waals surface area contributed by atoms with E-state index in [4.69, 9.17) is 4.74 Å². The number of sulfonamides is 1. The monoisotopic (exact) mass is 473 g/mol. The van der Waals surface area contributed by atoms with Crippen LogP contribution in [0.1, 0.15) is 24.0 Å². The number of amides is 1. The Morgan fingerprint density at radius 2 is 1.91 bits per heavy atom. The van der Waals surface area contributed by atoms with Crippen molar-refractivity contribution in [2.24, 2.45) is 18.0 Å². The van der Waals surface area contributed by atoms with Gasteiger partial charge in [0, 0.05) is 20.1 Å². The van der Waals surface area contributed by atoms with Gasteiger partial charge in [-0.15, -0.1) is 0 Å². The van der Waals surface area contributed by atoms with Crippen molar-refractivity contribution in [2.45, 2.75) is 31.6 Å². The van der Waals surface area contributed by atoms with Crippen molar-refractivity contribution >= 4 is 37.5 Å². The van der Waals surface area contributed by atoms with Crippen molar-refractivity contribution in [1.29, 1.82) is 0 Å². The van der Waals surface area contributed by atoms with Crippen LogP contribution < -0.4 is 9.54 Å². The first-order valence-electron chi connectivity index (χ1n) is 10.5. The molecule has 0 bridgehead atoms. The minimum Gasteiger partial charge on any atom is -0.497 e. The first kappa shape index (κ1) is 22.7. The molecule has 1 saturated heterocycles. The second kappa shape index (κ2) is 8.80. The number of carbonyl (C=O) groups excluding carboxylic acids is 1. The molecule has 3 aromatic rings. The summed E-state index contributed by atoms with van der Waals surface area (Å²) in [4.78, 5) is 18.3. The summed E-state index contributed by atoms with van der Waals surface area (Å²) in [5.41, 5.74) is 3.38. The molecule has 0 N–H and O–H groups in total. The first-order valence-corrected chi connectivity index (χ1v) is 12.8. The summed E-state index contributed by atoms with van der Waals surface area (Å²) in [6.45, 7) is 4.64. The lowest BCUT2D eigenvalue weighted by Crippen LogP contribution is -2.42. The van der Waals surface area contributed by atoms with Gasteiger partial charge in [-0.2, -0.15) is 9.30 Å². The molecule has 0 saturated carbocycles. The van der Waals surface area contributed by atoms with Crippen LogP contribution in [0.2, 0.25) is 0 Å². The van der Waals surface area contributed by atoms with Crippen LogP contribution in [-0.2, 0) is 21.9 Å². The normalized spacial score (nSPS) is 18.2. The molecule has 0 aliphatic carbocycles. The Bertz CT molecular complexity index is 1340. The summed E-state index contributed by atoms with van der Waals surface area (Å²) in [5, 5.41) is 0. The van der Waals surface area contributed by atoms with E-state index in [1.54, 1.807) is 12.1 Å². The molecule has 1 aliphatic heterocycles. The third kappa shape index (κ3) is 4.24. The Morgan fingerprint density at radius 1 is 1.19 bits per heavy atom. The largest absolute Gasteiger partial charge is 0.497 e. The lowest BCUT2D eigenvalue weighted by atomic mass is 9.99. The SMILES string of the molecule is COc1ccc(S(=O)(=O)N2CCCC(C(=O)N=c3sc4cc(C)cc(C)c4n3C)C2)cc1. The van der Waals surface area contributed by atoms with E-state index in [2.05, 4.69) is 24.0 Å². The summed E-state index contributed by atoms with van der Waals surface area (Å²) in [5.74, 6) is -0.128. The molecule has 170 valence electrons. The highest BCUT2D eigenvalue weighted by atomic mass is 32.2. The lowest BCUT2D eigenvalue weighted by Gasteiger charge is -2.30. The fraction of sp³-hybridized carbons (Fsp3) is 0.391. The van der Waals surface area contributed by atoms with E-state index >= 15 is 0 Å². The van der Waals surface area contributed by atoms with E-state index in [0.717, 1.165) is 15.8 Å². The molecule has 1 atom stereocenters. The number of fused-ring (bicyclic) bond motifs is 1. The van der Waals surface area contributed by atoms with E-state index in [9.17, 15) is 13.2 Å². The third-order valence-corrected chi connectivity index (χ3v) is 8.83. The number of aromatic nitrogens is 1. The summed E-state index contributed by atoms with van der Waals surface area (Å²) in [6, 6.07) is 10.5. The molecule has 0 spiro atoms. The molecule has 1 aromatic heterocycles. The van der Waals surface area contributed by atoms with Crippen molar-refractivity contribution in [3.05, 3.63) is 52.3 Å². The number of rotatable bonds is 4. The highest BCUT2D eigenvalue weighted by Gasteiger charge is 2.33. The van der Waals surface area contributed by atoms with E-state index in [1.807, 2.05) is 18.5 Å². The maximum Gasteiger partial charge on any atom is 0.252 e. The van der Waals surface area contributed by atoms with Gasteiger partial charge >= 0.3 is 0 Å². The Balaban J connectivity index is 1.59. The van der Waals surface area contributed by atoms with Gasteiger partial charge in [-0.1, -0.05) is 17.4 Å². The zero-order valence-electron chi connectivity index (χ0n) is 18.7. The maximum absolute atomic E-state index is 13.1. The third-order valence-electron chi connectivity index (χ3n) is 5.87. The summed E-state index contributed by atoms with van der Waals surface area (Å²) in [7, 11) is -0.238. The molecule has 2 aromatic carbocycles. The van der Waals surface area contributed by atoms with Crippen LogP contribution in [0.3, 0.4) is 0 Å². The van der Waals surface area contributed by atoms with Crippen molar-refractivity contribution < 1.29 is 17.9 Å². The molecule has 32 heavy (non-hydrogen) atoms. The van der Waals surface area contributed by atoms with Gasteiger partial charge < -0.3 is 9.30 Å². The molecule has 7 nitrogen and oxygen atoms in total. The molecule has 1 fully saturated rings. The Hall–Kier alpha value is -2.49. The van der Waals surface area contributed by atoms with Crippen LogP contribution in [0.25, 0.3) is 10.2 Å². The molecular formula is C23H27N3O4S2. The summed E-state index contributed by atoms with van der Waals surface area (Å²) in [6.07, 6.45) is 1.25. The van der Waals surface area contributed by atoms with Crippen LogP contribution in [0.4, 0.5) is 0 Å². The zero-order valence-corrected chi connectivity index (χ0v) is 20.3. The van der Waals surface area contributed by atoms with E-state index in [0.29, 0.717) is 29.9 Å². The van der Waals surface area contributed by atoms with E-state index < -0.39 is 15.9 Å². The molecule has 1 amide bonds. The number of ether oxygens (including phenoxy) is 1. The fourth-order valence-electron chi connectivity index (χ4n) is 4.23. The van der Waals surface area contributed by atoms with Gasteiger partial charge in [-0.05, 0) is 68.1 Å². The van der Waals surface area contributed by atoms with Crippen LogP contribution in [-0.4, -0.2) is 43.4 Å². The van der Waals surface area contributed by atoms with Gasteiger partial charge in [0.05, 0.1) is 28.1 Å². The van der Waals surface area contributed by atoms with E-state index in [1.165, 1.54) is 40.4 Å². The average molecular weight is 474 g/mol. The topological polar surface area (TPSA) is 81.0 Å². The average Bonchev–Trinajstić information content (AvgIpc) is 3.08. The van der Waals surface area contributed by atoms with Gasteiger partial charge in [0.1, 0.15) is 5.75 Å². The molecule has 1 unspecified atom stereocenters. The molecule has 4 rings (SSSR count). The number of piperidine rings is 1. The minimum absolute atomic E-state index is 0.142. The fourth-order valence-corrected chi connectivity index (χ4v) is 6.96. The number of hydrogen-bond acceptors (Lipinski definition) is 5. The van der Waals surface area contributed by atoms with Gasteiger partial charge in [0.15, 0.2) is 4.80 Å². The smallest absolute Gasteiger partial charge is 0.252 e. The zero-order chi connectivity index (χ0) is 23.0. The highest BCUT2D eigenvalue weighted by molar-refractivity contribution is 7.89. The van der Waals surface area contributed by atoms with E-state index in [-0.39, 0.29) is 17.3 Å². The maximum atomic E-state index is 13.1. The molecule has 1 aliphatic rings. The summed E-state index contributed by atoms with van der Waals surface area (Å²) >= 11 is 1.48. The van der Waals surface area contributed by atoms with Crippen LogP contribution in [0.5, 0.6) is 5.75 Å². The Kier molecular flexibility index (Phi) is 6.24. The van der Waals surface area contributed by atoms with Crippen molar-refractivity contribution in [2.75, 3.05) is 20.2 Å². The summed E-state index contributed by atoms with van der Waals surface area (Å²) < 4.78 is 35.7. The van der Waals surface area contributed by atoms with Crippen LogP contribution in [0, 0.1) is 19.8 Å². The first-order chi connectivity index (χ1) is 15.2. The number of thiazole rings is 1. The van der Waals surface area contributed by atoms with Crippen LogP contribution in [0.15, 0.2) is 46.3 Å². The minimum atomic E-state index is -3.68. The Morgan fingerprint density at radius 3 is 2.59 bits per heavy atom. The van der Waals surface area contributed by atoms with Gasteiger partial charge in [-0.3, -0.25) is 4.79 Å². The van der Waals surface area contributed by atoms with Gasteiger partial charge in [0.2, 0.25) is 10.0 Å². The number of benzene rings is 2. The van der Waals surface area contributed by atoms with Gasteiger partial charge in [-0.25, -0.2) is 8.42 Å². The predicted molar refractivity (Wildman–Crippen MR) is 125 cm³/mol. The molecule has 2 heterocycles. The quantitative estimate of drug-likeness (QED) is 0.582. The second-order valence-corrected chi connectivity index (χ2v) is 11.1. The van der Waals surface area contributed by atoms with Crippen molar-refractivity contribution in [1.82, 2.24) is 8.87 Å². The lowest BCUT2D eigenvalue weighted by molar-refractivity contribution is -0.122. The number of carbonyl (C=O) groups is 1. The molecular weight excluding hydrogens is 446 g/mol. The predicted octanol–water partition coefficient (Wildman–Crippen LogP) is 3.39. The second-order valence-electron chi connectivity index (χ2n) is 8.20. The Labute approximate surface area is 192 Å². The van der Waals surface area contributed by atoms with Gasteiger partial charge in [0.25, 0.3) is 5.91 Å². The number of methoxy groups -OCH3 is 1. The molecule has 0 radical (unpaired) electrons. The molecule has 9 heteroatoms. The number of hydrogen-bond donors (Lipinski definition) is 0. The highest BCUT2D eigenvalue weighted by Crippen LogP contribution is 2.26. The number of nitrogens with zero attached hydrogens (tertiary/aromatic N) is 3. The van der Waals surface area contributed by atoms with Crippen molar-refractivity contribution in [3.8, 4) is 5.75 Å².